The number of rotatable bonds is 0. The predicted octanol–water partition coefficient (Wildman–Crippen LogP) is 3.79. The Hall–Kier alpha value is -3.06. The highest BCUT2D eigenvalue weighted by Crippen LogP contribution is 2.24. The van der Waals surface area contributed by atoms with E-state index in [2.05, 4.69) is 60.7 Å². The van der Waals surface area contributed by atoms with Gasteiger partial charge in [-0.15, -0.1) is 0 Å². The van der Waals surface area contributed by atoms with Gasteiger partial charge in [-0.1, -0.05) is 60.7 Å². The topological polar surface area (TPSA) is 81.8 Å². The third-order valence-corrected chi connectivity index (χ3v) is 2.65. The molecule has 0 aliphatic heterocycles. The average molecular weight is 264 g/mol. The zero-order chi connectivity index (χ0) is 14.8. The minimum Gasteiger partial charge on any atom is -0.222 e. The maximum atomic E-state index is 8.35. The molecule has 20 heavy (non-hydrogen) atoms. The molecule has 3 aromatic rings. The number of nitrogens with one attached hydrogen (secondary N) is 2. The Morgan fingerprint density at radius 3 is 1.25 bits per heavy atom. The summed E-state index contributed by atoms with van der Waals surface area (Å²) in [6.45, 7) is 0. The van der Waals surface area contributed by atoms with E-state index in [0.29, 0.717) is 0 Å². The van der Waals surface area contributed by atoms with Crippen LogP contribution in [0.2, 0.25) is 0 Å². The molecule has 4 heteroatoms. The monoisotopic (exact) mass is 264 g/mol. The Kier molecular flexibility index (Phi) is 6.09. The Labute approximate surface area is 115 Å². The van der Waals surface area contributed by atoms with Gasteiger partial charge in [0.25, 0.3) is 0 Å². The van der Waals surface area contributed by atoms with Crippen molar-refractivity contribution in [3.05, 3.63) is 60.7 Å². The number of hydrogen-bond acceptors (Lipinski definition) is 4. The minimum absolute atomic E-state index is 0.750. The van der Waals surface area contributed by atoms with Crippen molar-refractivity contribution in [2.75, 3.05) is 0 Å². The van der Waals surface area contributed by atoms with E-state index in [1.54, 1.807) is 0 Å². The van der Waals surface area contributed by atoms with Crippen LogP contribution in [0.5, 0.6) is 0 Å². The first kappa shape index (κ1) is 15.0. The fraction of sp³-hybridized carbons (Fsp3) is 0. The van der Waals surface area contributed by atoms with E-state index < -0.39 is 0 Å². The number of isocyanates is 2. The lowest BCUT2D eigenvalue weighted by Gasteiger charge is -2.02. The van der Waals surface area contributed by atoms with E-state index in [9.17, 15) is 0 Å². The molecular weight excluding hydrogens is 252 g/mol. The van der Waals surface area contributed by atoms with Crippen LogP contribution >= 0.6 is 0 Å². The highest BCUT2D eigenvalue weighted by molar-refractivity contribution is 6.07. The second kappa shape index (κ2) is 8.11. The van der Waals surface area contributed by atoms with Crippen LogP contribution in [-0.4, -0.2) is 12.2 Å². The van der Waals surface area contributed by atoms with E-state index in [-0.39, 0.29) is 0 Å². The molecule has 0 radical (unpaired) electrons. The smallest absolute Gasteiger partial charge is 0.222 e. The lowest BCUT2D eigenvalue weighted by molar-refractivity contribution is 0.562. The quantitative estimate of drug-likeness (QED) is 0.368. The van der Waals surface area contributed by atoms with Gasteiger partial charge in [-0.05, 0) is 21.5 Å². The summed E-state index contributed by atoms with van der Waals surface area (Å²) in [6, 6.07) is 21.4. The van der Waals surface area contributed by atoms with Crippen LogP contribution < -0.4 is 0 Å². The molecule has 98 valence electrons. The second-order valence-electron chi connectivity index (χ2n) is 3.71. The van der Waals surface area contributed by atoms with Crippen LogP contribution in [0.4, 0.5) is 0 Å². The van der Waals surface area contributed by atoms with E-state index in [0.717, 1.165) is 12.2 Å². The molecule has 0 atom stereocenters. The number of fused-ring (bicyclic) bond motifs is 3. The first-order valence-corrected chi connectivity index (χ1v) is 5.72. The van der Waals surface area contributed by atoms with Crippen molar-refractivity contribution >= 4 is 33.7 Å². The molecular formula is C16H12N2O2. The van der Waals surface area contributed by atoms with Gasteiger partial charge in [-0.2, -0.15) is 0 Å². The van der Waals surface area contributed by atoms with Crippen LogP contribution in [-0.2, 0) is 9.59 Å². The zero-order valence-electron chi connectivity index (χ0n) is 10.6. The van der Waals surface area contributed by atoms with Crippen molar-refractivity contribution in [3.63, 3.8) is 0 Å². The normalized spacial score (nSPS) is 8.40. The largest absolute Gasteiger partial charge is 0.231 e. The molecule has 0 heterocycles. The molecule has 0 spiro atoms. The van der Waals surface area contributed by atoms with Gasteiger partial charge in [-0.25, -0.2) is 20.4 Å². The second-order valence-corrected chi connectivity index (χ2v) is 3.71. The van der Waals surface area contributed by atoms with E-state index in [1.807, 2.05) is 0 Å². The molecule has 0 fully saturated rings. The van der Waals surface area contributed by atoms with Crippen LogP contribution in [0.25, 0.3) is 21.5 Å². The first-order valence-electron chi connectivity index (χ1n) is 5.72. The summed E-state index contributed by atoms with van der Waals surface area (Å²) < 4.78 is 0. The summed E-state index contributed by atoms with van der Waals surface area (Å²) in [5.74, 6) is 0. The molecule has 0 saturated heterocycles. The van der Waals surface area contributed by atoms with Crippen molar-refractivity contribution in [2.24, 2.45) is 0 Å². The minimum atomic E-state index is 0.750. The Bertz CT molecular complexity index is 703. The zero-order valence-corrected chi connectivity index (χ0v) is 10.6. The molecule has 0 bridgehead atoms. The molecule has 0 aliphatic rings. The molecule has 4 nitrogen and oxygen atoms in total. The van der Waals surface area contributed by atoms with Crippen LogP contribution in [0, 0.1) is 10.8 Å². The molecule has 0 unspecified atom stereocenters. The molecule has 0 aliphatic carbocycles. The van der Waals surface area contributed by atoms with E-state index in [1.165, 1.54) is 21.5 Å². The van der Waals surface area contributed by atoms with E-state index >= 15 is 0 Å². The summed E-state index contributed by atoms with van der Waals surface area (Å²) in [5.41, 5.74) is 0. The number of benzene rings is 3. The van der Waals surface area contributed by atoms with Gasteiger partial charge in [0.15, 0.2) is 0 Å². The number of carbonyl (C=O) groups excluding carboxylic acids is 2. The summed E-state index contributed by atoms with van der Waals surface area (Å²) >= 11 is 0. The van der Waals surface area contributed by atoms with Crippen molar-refractivity contribution in [1.29, 1.82) is 10.8 Å². The lowest BCUT2D eigenvalue weighted by Crippen LogP contribution is -1.75. The summed E-state index contributed by atoms with van der Waals surface area (Å²) in [6.07, 6.45) is 1.50. The first-order chi connectivity index (χ1) is 9.78. The third kappa shape index (κ3) is 3.72. The van der Waals surface area contributed by atoms with Gasteiger partial charge in [0.1, 0.15) is 0 Å². The Morgan fingerprint density at radius 1 is 0.600 bits per heavy atom. The van der Waals surface area contributed by atoms with Gasteiger partial charge in [0, 0.05) is 0 Å². The molecule has 3 rings (SSSR count). The standard InChI is InChI=1S/C14H10.2CHNO/c1-3-7-13-11(5-1)9-10-12-6-2-4-8-14(12)13;2*2-1-3/h1-10H;2*2H. The average Bonchev–Trinajstić information content (AvgIpc) is 2.49. The highest BCUT2D eigenvalue weighted by Gasteiger charge is 1.97. The summed E-state index contributed by atoms with van der Waals surface area (Å²) in [4.78, 5) is 16.7. The molecule has 0 saturated carbocycles. The summed E-state index contributed by atoms with van der Waals surface area (Å²) in [5, 5.41) is 16.1. The predicted molar refractivity (Wildman–Crippen MR) is 78.3 cm³/mol. The number of hydrogen-bond donors (Lipinski definition) is 2. The fourth-order valence-electron chi connectivity index (χ4n) is 1.95. The molecule has 0 amide bonds. The highest BCUT2D eigenvalue weighted by atomic mass is 16.1. The van der Waals surface area contributed by atoms with Gasteiger partial charge >= 0.3 is 0 Å². The molecule has 2 N–H and O–H groups in total. The lowest BCUT2D eigenvalue weighted by atomic mass is 10.0. The van der Waals surface area contributed by atoms with Crippen molar-refractivity contribution in [1.82, 2.24) is 0 Å². The molecule has 3 aromatic carbocycles. The maximum absolute atomic E-state index is 8.35. The third-order valence-electron chi connectivity index (χ3n) is 2.65. The van der Waals surface area contributed by atoms with Crippen molar-refractivity contribution in [3.8, 4) is 0 Å². The van der Waals surface area contributed by atoms with Gasteiger partial charge in [0.05, 0.1) is 0 Å². The fourth-order valence-corrected chi connectivity index (χ4v) is 1.95. The van der Waals surface area contributed by atoms with Crippen molar-refractivity contribution < 1.29 is 9.59 Å². The van der Waals surface area contributed by atoms with Crippen LogP contribution in [0.3, 0.4) is 0 Å². The van der Waals surface area contributed by atoms with E-state index in [4.69, 9.17) is 20.4 Å². The Balaban J connectivity index is 0.000000290. The maximum Gasteiger partial charge on any atom is 0.231 e. The van der Waals surface area contributed by atoms with Crippen LogP contribution in [0.1, 0.15) is 0 Å². The molecule has 0 aromatic heterocycles. The van der Waals surface area contributed by atoms with Crippen molar-refractivity contribution in [2.45, 2.75) is 0 Å². The summed E-state index contributed by atoms with van der Waals surface area (Å²) in [7, 11) is 0. The SMILES string of the molecule is N=C=O.N=C=O.c1ccc2c(c1)ccc1ccccc12. The van der Waals surface area contributed by atoms with Gasteiger partial charge in [0.2, 0.25) is 12.2 Å². The van der Waals surface area contributed by atoms with Gasteiger partial charge in [-0.3, -0.25) is 0 Å². The van der Waals surface area contributed by atoms with Crippen LogP contribution in [0.15, 0.2) is 60.7 Å². The Morgan fingerprint density at radius 2 is 0.900 bits per heavy atom. The van der Waals surface area contributed by atoms with Gasteiger partial charge < -0.3 is 0 Å².